The molecule has 0 unspecified atom stereocenters. The van der Waals surface area contributed by atoms with Crippen LogP contribution in [0.25, 0.3) is 0 Å². The van der Waals surface area contributed by atoms with Gasteiger partial charge in [-0.3, -0.25) is 0 Å². The second kappa shape index (κ2) is 5.57. The zero-order valence-electron chi connectivity index (χ0n) is 11.2. The van der Waals surface area contributed by atoms with Crippen molar-refractivity contribution in [3.63, 3.8) is 0 Å². The molecule has 1 aromatic heterocycles. The molecule has 19 heavy (non-hydrogen) atoms. The van der Waals surface area contributed by atoms with Crippen LogP contribution in [0.2, 0.25) is 0 Å². The van der Waals surface area contributed by atoms with Crippen molar-refractivity contribution in [1.82, 2.24) is 4.98 Å². The zero-order valence-corrected chi connectivity index (χ0v) is 11.2. The second-order valence-electron chi connectivity index (χ2n) is 5.18. The minimum Gasteiger partial charge on any atom is -0.477 e. The van der Waals surface area contributed by atoms with Crippen molar-refractivity contribution in [2.75, 3.05) is 24.6 Å². The Bertz CT molecular complexity index is 448. The molecule has 1 saturated heterocycles. The Morgan fingerprint density at radius 2 is 2.11 bits per heavy atom. The lowest BCUT2D eigenvalue weighted by atomic mass is 9.77. The normalized spacial score (nSPS) is 18.3. The number of piperidine rings is 1. The number of aliphatic hydroxyl groups excluding tert-OH is 1. The first-order chi connectivity index (χ1) is 9.10. The SMILES string of the molecule is CCC1(CO)CCN(c2cccc(C(=O)O)n2)CC1. The molecule has 5 heteroatoms. The first-order valence-corrected chi connectivity index (χ1v) is 6.66. The Balaban J connectivity index is 2.09. The highest BCUT2D eigenvalue weighted by molar-refractivity contribution is 5.85. The van der Waals surface area contributed by atoms with Crippen molar-refractivity contribution in [3.05, 3.63) is 23.9 Å². The fourth-order valence-electron chi connectivity index (χ4n) is 2.55. The number of nitrogens with zero attached hydrogens (tertiary/aromatic N) is 2. The minimum atomic E-state index is -1.00. The summed E-state index contributed by atoms with van der Waals surface area (Å²) < 4.78 is 0. The number of pyridine rings is 1. The van der Waals surface area contributed by atoms with Crippen molar-refractivity contribution < 1.29 is 15.0 Å². The summed E-state index contributed by atoms with van der Waals surface area (Å²) in [6.07, 6.45) is 2.80. The number of carbonyl (C=O) groups is 1. The van der Waals surface area contributed by atoms with Crippen LogP contribution in [0.4, 0.5) is 5.82 Å². The average molecular weight is 264 g/mol. The molecule has 0 aromatic carbocycles. The summed E-state index contributed by atoms with van der Waals surface area (Å²) >= 11 is 0. The van der Waals surface area contributed by atoms with Crippen molar-refractivity contribution in [3.8, 4) is 0 Å². The van der Waals surface area contributed by atoms with Gasteiger partial charge in [0.1, 0.15) is 5.82 Å². The van der Waals surface area contributed by atoms with Gasteiger partial charge in [-0.15, -0.1) is 0 Å². The lowest BCUT2D eigenvalue weighted by Gasteiger charge is -2.40. The maximum absolute atomic E-state index is 10.9. The molecule has 2 N–H and O–H groups in total. The lowest BCUT2D eigenvalue weighted by Crippen LogP contribution is -2.42. The number of carboxylic acids is 1. The predicted octanol–water partition coefficient (Wildman–Crippen LogP) is 1.77. The van der Waals surface area contributed by atoms with Crippen molar-refractivity contribution >= 4 is 11.8 Å². The van der Waals surface area contributed by atoms with Gasteiger partial charge in [0.05, 0.1) is 0 Å². The molecule has 5 nitrogen and oxygen atoms in total. The number of aromatic carboxylic acids is 1. The minimum absolute atomic E-state index is 0.0287. The smallest absolute Gasteiger partial charge is 0.354 e. The molecule has 0 atom stereocenters. The van der Waals surface area contributed by atoms with Gasteiger partial charge in [0.15, 0.2) is 5.69 Å². The Morgan fingerprint density at radius 1 is 1.42 bits per heavy atom. The standard InChI is InChI=1S/C14H20N2O3/c1-2-14(10-17)6-8-16(9-7-14)12-5-3-4-11(15-12)13(18)19/h3-5,17H,2,6-10H2,1H3,(H,18,19). The van der Waals surface area contributed by atoms with Crippen LogP contribution in [0.1, 0.15) is 36.7 Å². The van der Waals surface area contributed by atoms with Gasteiger partial charge in [-0.1, -0.05) is 13.0 Å². The van der Waals surface area contributed by atoms with Gasteiger partial charge in [0, 0.05) is 19.7 Å². The van der Waals surface area contributed by atoms with Gasteiger partial charge in [-0.05, 0) is 36.8 Å². The van der Waals surface area contributed by atoms with E-state index in [1.54, 1.807) is 6.07 Å². The fraction of sp³-hybridized carbons (Fsp3) is 0.571. The van der Waals surface area contributed by atoms with Crippen molar-refractivity contribution in [1.29, 1.82) is 0 Å². The topological polar surface area (TPSA) is 73.7 Å². The highest BCUT2D eigenvalue weighted by Crippen LogP contribution is 2.35. The third-order valence-corrected chi connectivity index (χ3v) is 4.19. The summed E-state index contributed by atoms with van der Waals surface area (Å²) in [6, 6.07) is 5.06. The molecule has 0 saturated carbocycles. The van der Waals surface area contributed by atoms with Crippen LogP contribution in [0.3, 0.4) is 0 Å². The van der Waals surface area contributed by atoms with Crippen LogP contribution < -0.4 is 4.90 Å². The summed E-state index contributed by atoms with van der Waals surface area (Å²) in [4.78, 5) is 17.2. The predicted molar refractivity (Wildman–Crippen MR) is 72.5 cm³/mol. The van der Waals surface area contributed by atoms with Crippen LogP contribution in [-0.2, 0) is 0 Å². The molecule has 2 heterocycles. The van der Waals surface area contributed by atoms with E-state index in [1.165, 1.54) is 6.07 Å². The lowest BCUT2D eigenvalue weighted by molar-refractivity contribution is 0.0690. The molecule has 0 amide bonds. The van der Waals surface area contributed by atoms with Gasteiger partial charge in [0.25, 0.3) is 0 Å². The van der Waals surface area contributed by atoms with Gasteiger partial charge in [-0.2, -0.15) is 0 Å². The number of anilines is 1. The van der Waals surface area contributed by atoms with E-state index in [-0.39, 0.29) is 17.7 Å². The van der Waals surface area contributed by atoms with E-state index < -0.39 is 5.97 Å². The Hall–Kier alpha value is -1.62. The molecule has 1 fully saturated rings. The average Bonchev–Trinajstić information content (AvgIpc) is 2.47. The van der Waals surface area contributed by atoms with E-state index in [0.29, 0.717) is 5.82 Å². The van der Waals surface area contributed by atoms with Crippen LogP contribution in [0, 0.1) is 5.41 Å². The van der Waals surface area contributed by atoms with E-state index in [9.17, 15) is 9.90 Å². The first kappa shape index (κ1) is 13.8. The summed E-state index contributed by atoms with van der Waals surface area (Å²) in [5.74, 6) is -0.292. The van der Waals surface area contributed by atoms with Gasteiger partial charge in [0.2, 0.25) is 0 Å². The van der Waals surface area contributed by atoms with E-state index >= 15 is 0 Å². The summed E-state index contributed by atoms with van der Waals surface area (Å²) in [5.41, 5.74) is 0.105. The molecule has 1 aliphatic heterocycles. The van der Waals surface area contributed by atoms with E-state index in [0.717, 1.165) is 32.4 Å². The van der Waals surface area contributed by atoms with E-state index in [2.05, 4.69) is 16.8 Å². The number of aromatic nitrogens is 1. The van der Waals surface area contributed by atoms with Crippen molar-refractivity contribution in [2.45, 2.75) is 26.2 Å². The Kier molecular flexibility index (Phi) is 4.04. The van der Waals surface area contributed by atoms with Crippen LogP contribution in [0.15, 0.2) is 18.2 Å². The molecule has 2 rings (SSSR count). The monoisotopic (exact) mass is 264 g/mol. The Labute approximate surface area is 112 Å². The molecular formula is C14H20N2O3. The number of aliphatic hydroxyl groups is 1. The third kappa shape index (κ3) is 2.87. The summed E-state index contributed by atoms with van der Waals surface area (Å²) in [6.45, 7) is 3.95. The largest absolute Gasteiger partial charge is 0.477 e. The molecule has 0 bridgehead atoms. The van der Waals surface area contributed by atoms with Crippen molar-refractivity contribution in [2.24, 2.45) is 5.41 Å². The first-order valence-electron chi connectivity index (χ1n) is 6.66. The number of hydrogen-bond acceptors (Lipinski definition) is 4. The fourth-order valence-corrected chi connectivity index (χ4v) is 2.55. The van der Waals surface area contributed by atoms with Crippen LogP contribution >= 0.6 is 0 Å². The number of hydrogen-bond donors (Lipinski definition) is 2. The maximum atomic E-state index is 10.9. The molecule has 0 spiro atoms. The number of carboxylic acid groups (broad SMARTS) is 1. The molecule has 1 aromatic rings. The highest BCUT2D eigenvalue weighted by atomic mass is 16.4. The maximum Gasteiger partial charge on any atom is 0.354 e. The Morgan fingerprint density at radius 3 is 2.63 bits per heavy atom. The second-order valence-corrected chi connectivity index (χ2v) is 5.18. The highest BCUT2D eigenvalue weighted by Gasteiger charge is 2.32. The van der Waals surface area contributed by atoms with Gasteiger partial charge < -0.3 is 15.1 Å². The van der Waals surface area contributed by atoms with E-state index in [1.807, 2.05) is 6.07 Å². The molecular weight excluding hydrogens is 244 g/mol. The molecule has 104 valence electrons. The summed E-state index contributed by atoms with van der Waals surface area (Å²) in [5, 5.41) is 18.5. The van der Waals surface area contributed by atoms with E-state index in [4.69, 9.17) is 5.11 Å². The number of rotatable bonds is 4. The van der Waals surface area contributed by atoms with Gasteiger partial charge in [-0.25, -0.2) is 9.78 Å². The van der Waals surface area contributed by atoms with Crippen LogP contribution in [0.5, 0.6) is 0 Å². The van der Waals surface area contributed by atoms with Gasteiger partial charge >= 0.3 is 5.97 Å². The van der Waals surface area contributed by atoms with Crippen LogP contribution in [-0.4, -0.2) is 40.9 Å². The summed E-state index contributed by atoms with van der Waals surface area (Å²) in [7, 11) is 0. The molecule has 1 aliphatic rings. The zero-order chi connectivity index (χ0) is 13.9. The molecule has 0 radical (unpaired) electrons. The quantitative estimate of drug-likeness (QED) is 0.867. The molecule has 0 aliphatic carbocycles. The third-order valence-electron chi connectivity index (χ3n) is 4.19.